The van der Waals surface area contributed by atoms with E-state index in [1.165, 1.54) is 13.3 Å². The number of hydrazone groups is 1. The molecule has 0 aliphatic rings. The summed E-state index contributed by atoms with van der Waals surface area (Å²) in [5, 5.41) is 6.79. The largest absolute Gasteiger partial charge is 0.490 e. The molecule has 0 fully saturated rings. The molecule has 2 aromatic rings. The van der Waals surface area contributed by atoms with E-state index in [4.69, 9.17) is 9.47 Å². The Morgan fingerprint density at radius 1 is 1.11 bits per heavy atom. The van der Waals surface area contributed by atoms with Crippen LogP contribution < -0.4 is 20.2 Å². The van der Waals surface area contributed by atoms with Crippen LogP contribution in [0, 0.1) is 12.8 Å². The van der Waals surface area contributed by atoms with Crippen molar-refractivity contribution in [3.63, 3.8) is 0 Å². The van der Waals surface area contributed by atoms with Gasteiger partial charge in [0, 0.05) is 5.56 Å². The normalized spacial score (nSPS) is 11.7. The Hall–Kier alpha value is -3.40. The Morgan fingerprint density at radius 3 is 2.40 bits per heavy atom. The van der Waals surface area contributed by atoms with Gasteiger partial charge in [-0.1, -0.05) is 31.5 Å². The van der Waals surface area contributed by atoms with Gasteiger partial charge in [0.15, 0.2) is 18.1 Å². The van der Waals surface area contributed by atoms with E-state index in [-0.39, 0.29) is 18.4 Å². The molecule has 0 bridgehead atoms. The molecule has 2 aromatic carbocycles. The number of nitrogens with zero attached hydrogens (tertiary/aromatic N) is 1. The molecule has 2 N–H and O–H groups in total. The molecule has 1 atom stereocenters. The fourth-order valence-electron chi connectivity index (χ4n) is 2.96. The van der Waals surface area contributed by atoms with Crippen LogP contribution in [-0.2, 0) is 14.3 Å². The Morgan fingerprint density at radius 2 is 1.80 bits per heavy atom. The quantitative estimate of drug-likeness (QED) is 0.252. The van der Waals surface area contributed by atoms with Crippen LogP contribution in [0.2, 0.25) is 0 Å². The standard InChI is InChI=1S/C25H30BrN3O6/c1-6-34-20-12-17(11-19(26)23(20)35-14-21(30)33-5)13-27-29-25(32)22(15(2)3)28-24(31)18-9-7-16(4)8-10-18/h7-13,15,22H,6,14H2,1-5H3,(H,28,31)(H,29,32)/b27-13+. The second kappa shape index (κ2) is 13.5. The molecule has 0 heterocycles. The first-order valence-corrected chi connectivity index (χ1v) is 11.8. The van der Waals surface area contributed by atoms with Crippen LogP contribution in [-0.4, -0.2) is 50.4 Å². The van der Waals surface area contributed by atoms with Crippen molar-refractivity contribution in [1.82, 2.24) is 10.7 Å². The number of hydrogen-bond donors (Lipinski definition) is 2. The first-order chi connectivity index (χ1) is 16.7. The molecule has 35 heavy (non-hydrogen) atoms. The number of esters is 1. The summed E-state index contributed by atoms with van der Waals surface area (Å²) in [6.07, 6.45) is 1.44. The maximum atomic E-state index is 12.7. The molecule has 0 radical (unpaired) electrons. The molecule has 0 saturated heterocycles. The van der Waals surface area contributed by atoms with Gasteiger partial charge in [-0.25, -0.2) is 10.2 Å². The van der Waals surface area contributed by atoms with Crippen molar-refractivity contribution in [3.05, 3.63) is 57.6 Å². The molecule has 0 aromatic heterocycles. The highest BCUT2D eigenvalue weighted by Crippen LogP contribution is 2.36. The smallest absolute Gasteiger partial charge is 0.343 e. The third-order valence-electron chi connectivity index (χ3n) is 4.83. The van der Waals surface area contributed by atoms with Gasteiger partial charge in [0.05, 0.1) is 24.4 Å². The van der Waals surface area contributed by atoms with Crippen molar-refractivity contribution in [3.8, 4) is 11.5 Å². The fraction of sp³-hybridized carbons (Fsp3) is 0.360. The summed E-state index contributed by atoms with van der Waals surface area (Å²) < 4.78 is 16.2. The van der Waals surface area contributed by atoms with Crippen molar-refractivity contribution in [1.29, 1.82) is 0 Å². The SMILES string of the molecule is CCOc1cc(/C=N/NC(=O)C(NC(=O)c2ccc(C)cc2)C(C)C)cc(Br)c1OCC(=O)OC. The highest BCUT2D eigenvalue weighted by atomic mass is 79.9. The molecule has 0 spiro atoms. The van der Waals surface area contributed by atoms with Crippen molar-refractivity contribution in [2.24, 2.45) is 11.0 Å². The summed E-state index contributed by atoms with van der Waals surface area (Å²) in [7, 11) is 1.27. The topological polar surface area (TPSA) is 115 Å². The van der Waals surface area contributed by atoms with E-state index in [0.29, 0.717) is 33.7 Å². The van der Waals surface area contributed by atoms with Crippen molar-refractivity contribution in [2.45, 2.75) is 33.7 Å². The van der Waals surface area contributed by atoms with Gasteiger partial charge in [0.2, 0.25) is 0 Å². The fourth-order valence-corrected chi connectivity index (χ4v) is 3.53. The van der Waals surface area contributed by atoms with Gasteiger partial charge in [0.1, 0.15) is 6.04 Å². The molecule has 0 aliphatic carbocycles. The highest BCUT2D eigenvalue weighted by molar-refractivity contribution is 9.10. The lowest BCUT2D eigenvalue weighted by Crippen LogP contribution is -2.48. The number of carbonyl (C=O) groups excluding carboxylic acids is 3. The van der Waals surface area contributed by atoms with Crippen LogP contribution in [0.15, 0.2) is 46.0 Å². The third kappa shape index (κ3) is 8.40. The molecular weight excluding hydrogens is 518 g/mol. The second-order valence-electron chi connectivity index (χ2n) is 7.92. The summed E-state index contributed by atoms with van der Waals surface area (Å²) >= 11 is 3.40. The summed E-state index contributed by atoms with van der Waals surface area (Å²) in [5.41, 5.74) is 4.60. The maximum Gasteiger partial charge on any atom is 0.343 e. The van der Waals surface area contributed by atoms with E-state index in [9.17, 15) is 14.4 Å². The molecule has 1 unspecified atom stereocenters. The molecule has 2 rings (SSSR count). The molecule has 2 amide bonds. The average molecular weight is 548 g/mol. The van der Waals surface area contributed by atoms with E-state index in [2.05, 4.69) is 36.5 Å². The lowest BCUT2D eigenvalue weighted by Gasteiger charge is -2.20. The molecule has 0 aliphatic heterocycles. The van der Waals surface area contributed by atoms with E-state index in [0.717, 1.165) is 5.56 Å². The number of aryl methyl sites for hydroxylation is 1. The Kier molecular flexibility index (Phi) is 10.7. The number of halogens is 1. The van der Waals surface area contributed by atoms with Gasteiger partial charge < -0.3 is 19.5 Å². The van der Waals surface area contributed by atoms with Crippen LogP contribution in [0.25, 0.3) is 0 Å². The first kappa shape index (κ1) is 27.8. The zero-order valence-corrected chi connectivity index (χ0v) is 22.0. The lowest BCUT2D eigenvalue weighted by atomic mass is 10.0. The van der Waals surface area contributed by atoms with E-state index >= 15 is 0 Å². The van der Waals surface area contributed by atoms with E-state index < -0.39 is 17.9 Å². The van der Waals surface area contributed by atoms with Crippen LogP contribution in [0.5, 0.6) is 11.5 Å². The second-order valence-corrected chi connectivity index (χ2v) is 8.78. The van der Waals surface area contributed by atoms with Crippen LogP contribution in [0.4, 0.5) is 0 Å². The summed E-state index contributed by atoms with van der Waals surface area (Å²) in [6.45, 7) is 7.52. The first-order valence-electron chi connectivity index (χ1n) is 11.0. The number of rotatable bonds is 11. The Balaban J connectivity index is 2.10. The predicted molar refractivity (Wildman–Crippen MR) is 136 cm³/mol. The monoisotopic (exact) mass is 547 g/mol. The van der Waals surface area contributed by atoms with Crippen LogP contribution in [0.3, 0.4) is 0 Å². The Bertz CT molecular complexity index is 1070. The zero-order chi connectivity index (χ0) is 26.0. The molecular formula is C25H30BrN3O6. The van der Waals surface area contributed by atoms with Gasteiger partial charge >= 0.3 is 5.97 Å². The summed E-state index contributed by atoms with van der Waals surface area (Å²) in [4.78, 5) is 36.7. The van der Waals surface area contributed by atoms with Gasteiger partial charge in [0.25, 0.3) is 11.8 Å². The summed E-state index contributed by atoms with van der Waals surface area (Å²) in [6, 6.07) is 9.68. The summed E-state index contributed by atoms with van der Waals surface area (Å²) in [5.74, 6) is -0.734. The Labute approximate surface area is 213 Å². The van der Waals surface area contributed by atoms with Crippen molar-refractivity contribution < 1.29 is 28.6 Å². The lowest BCUT2D eigenvalue weighted by molar-refractivity contribution is -0.143. The number of carbonyl (C=O) groups is 3. The minimum Gasteiger partial charge on any atom is -0.490 e. The van der Waals surface area contributed by atoms with Crippen molar-refractivity contribution in [2.75, 3.05) is 20.3 Å². The predicted octanol–water partition coefficient (Wildman–Crippen LogP) is 3.61. The minimum absolute atomic E-state index is 0.162. The third-order valence-corrected chi connectivity index (χ3v) is 5.42. The highest BCUT2D eigenvalue weighted by Gasteiger charge is 2.24. The molecule has 188 valence electrons. The van der Waals surface area contributed by atoms with Gasteiger partial charge in [-0.15, -0.1) is 0 Å². The number of nitrogens with one attached hydrogen (secondary N) is 2. The van der Waals surface area contributed by atoms with Gasteiger partial charge in [-0.2, -0.15) is 5.10 Å². The zero-order valence-electron chi connectivity index (χ0n) is 20.4. The van der Waals surface area contributed by atoms with E-state index in [1.54, 1.807) is 24.3 Å². The van der Waals surface area contributed by atoms with Crippen LogP contribution >= 0.6 is 15.9 Å². The molecule has 0 saturated carbocycles. The average Bonchev–Trinajstić information content (AvgIpc) is 2.82. The molecule has 9 nitrogen and oxygen atoms in total. The maximum absolute atomic E-state index is 12.7. The van der Waals surface area contributed by atoms with Gasteiger partial charge in [-0.3, -0.25) is 9.59 Å². The molecule has 10 heteroatoms. The minimum atomic E-state index is -0.777. The number of amides is 2. The number of hydrogen-bond acceptors (Lipinski definition) is 7. The number of ether oxygens (including phenoxy) is 3. The van der Waals surface area contributed by atoms with Crippen molar-refractivity contribution >= 4 is 39.9 Å². The van der Waals surface area contributed by atoms with E-state index in [1.807, 2.05) is 39.8 Å². The number of benzene rings is 2. The van der Waals surface area contributed by atoms with Gasteiger partial charge in [-0.05, 0) is 65.5 Å². The van der Waals surface area contributed by atoms with Crippen LogP contribution in [0.1, 0.15) is 42.3 Å². The number of methoxy groups -OCH3 is 1.